The monoisotopic (exact) mass is 491 g/mol. The van der Waals surface area contributed by atoms with Gasteiger partial charge < -0.3 is 11.1 Å². The Morgan fingerprint density at radius 2 is 1.92 bits per heavy atom. The van der Waals surface area contributed by atoms with Crippen molar-refractivity contribution in [3.8, 4) is 0 Å². The number of aromatic nitrogens is 1. The summed E-state index contributed by atoms with van der Waals surface area (Å²) in [5.74, 6) is -0.470. The smallest absolute Gasteiger partial charge is 0.397 e. The highest BCUT2D eigenvalue weighted by Crippen LogP contribution is 2.38. The molecule has 0 unspecified atom stereocenters. The van der Waals surface area contributed by atoms with E-state index >= 15 is 0 Å². The van der Waals surface area contributed by atoms with Gasteiger partial charge in [-0.25, -0.2) is 4.98 Å². The van der Waals surface area contributed by atoms with Gasteiger partial charge in [0.05, 0.1) is 5.69 Å². The van der Waals surface area contributed by atoms with Crippen molar-refractivity contribution in [3.63, 3.8) is 0 Å². The van der Waals surface area contributed by atoms with E-state index in [9.17, 15) is 18.0 Å². The number of nitrogens with two attached hydrogens (primary N) is 1. The van der Waals surface area contributed by atoms with Gasteiger partial charge in [-0.05, 0) is 71.8 Å². The Hall–Kier alpha value is -1.88. The predicted molar refractivity (Wildman–Crippen MR) is 106 cm³/mol. The standard InChI is InChI=1S/C17H13F3IN3OS/c1-7-5-9(21)3-4-10(7)23-15(25)14-13(22)12-8(2)6-11(17(18,19)20)24-16(12)26-14/h3-6H,22H2,1-2H3,(H,23,25). The van der Waals surface area contributed by atoms with Gasteiger partial charge in [-0.3, -0.25) is 4.79 Å². The maximum absolute atomic E-state index is 13.0. The van der Waals surface area contributed by atoms with Gasteiger partial charge in [-0.1, -0.05) is 0 Å². The maximum atomic E-state index is 13.0. The second-order valence-electron chi connectivity index (χ2n) is 5.76. The van der Waals surface area contributed by atoms with Crippen molar-refractivity contribution in [2.24, 2.45) is 0 Å². The third-order valence-corrected chi connectivity index (χ3v) is 5.60. The molecule has 0 aliphatic carbocycles. The molecule has 0 saturated carbocycles. The van der Waals surface area contributed by atoms with Gasteiger partial charge in [0.2, 0.25) is 0 Å². The van der Waals surface area contributed by atoms with Crippen LogP contribution in [0.3, 0.4) is 0 Å². The summed E-state index contributed by atoms with van der Waals surface area (Å²) < 4.78 is 39.9. The van der Waals surface area contributed by atoms with Crippen LogP contribution in [0.15, 0.2) is 24.3 Å². The maximum Gasteiger partial charge on any atom is 0.433 e. The van der Waals surface area contributed by atoms with Crippen LogP contribution in [0, 0.1) is 17.4 Å². The van der Waals surface area contributed by atoms with Crippen LogP contribution in [0.4, 0.5) is 24.5 Å². The van der Waals surface area contributed by atoms with E-state index in [2.05, 4.69) is 32.9 Å². The summed E-state index contributed by atoms with van der Waals surface area (Å²) in [6, 6.07) is 6.46. The number of hydrogen-bond acceptors (Lipinski definition) is 4. The number of carbonyl (C=O) groups excluding carboxylic acids is 1. The number of anilines is 2. The highest BCUT2D eigenvalue weighted by Gasteiger charge is 2.34. The quantitative estimate of drug-likeness (QED) is 0.474. The van der Waals surface area contributed by atoms with Crippen molar-refractivity contribution in [1.29, 1.82) is 0 Å². The number of pyridine rings is 1. The zero-order valence-corrected chi connectivity index (χ0v) is 16.6. The molecule has 1 aromatic carbocycles. The molecular weight excluding hydrogens is 478 g/mol. The molecule has 0 saturated heterocycles. The van der Waals surface area contributed by atoms with E-state index in [4.69, 9.17) is 5.73 Å². The van der Waals surface area contributed by atoms with E-state index in [-0.39, 0.29) is 15.4 Å². The number of amides is 1. The second kappa shape index (κ2) is 6.69. The predicted octanol–water partition coefficient (Wildman–Crippen LogP) is 5.37. The molecule has 0 radical (unpaired) electrons. The average molecular weight is 491 g/mol. The Balaban J connectivity index is 2.03. The van der Waals surface area contributed by atoms with Crippen LogP contribution >= 0.6 is 33.9 Å². The molecule has 136 valence electrons. The van der Waals surface area contributed by atoms with Crippen LogP contribution in [0.25, 0.3) is 10.2 Å². The zero-order valence-electron chi connectivity index (χ0n) is 13.7. The first kappa shape index (κ1) is 18.9. The molecule has 3 aromatic rings. The Bertz CT molecular complexity index is 1030. The number of fused-ring (bicyclic) bond motifs is 1. The van der Waals surface area contributed by atoms with Gasteiger partial charge in [-0.15, -0.1) is 11.3 Å². The number of carbonyl (C=O) groups is 1. The van der Waals surface area contributed by atoms with Gasteiger partial charge in [0.15, 0.2) is 0 Å². The molecule has 0 bridgehead atoms. The van der Waals surface area contributed by atoms with Crippen LogP contribution in [0.1, 0.15) is 26.5 Å². The SMILES string of the molecule is Cc1cc(I)ccc1NC(=O)c1sc2nc(C(F)(F)F)cc(C)c2c1N. The van der Waals surface area contributed by atoms with E-state index in [0.717, 1.165) is 26.5 Å². The topological polar surface area (TPSA) is 68.0 Å². The Morgan fingerprint density at radius 3 is 2.54 bits per heavy atom. The van der Waals surface area contributed by atoms with Gasteiger partial charge >= 0.3 is 6.18 Å². The number of nitrogen functional groups attached to an aromatic ring is 1. The number of benzene rings is 1. The zero-order chi connectivity index (χ0) is 19.2. The molecule has 0 atom stereocenters. The van der Waals surface area contributed by atoms with Gasteiger partial charge in [0.25, 0.3) is 5.91 Å². The highest BCUT2D eigenvalue weighted by molar-refractivity contribution is 14.1. The minimum atomic E-state index is -4.56. The molecule has 3 N–H and O–H groups in total. The van der Waals surface area contributed by atoms with E-state index < -0.39 is 17.8 Å². The van der Waals surface area contributed by atoms with Crippen molar-refractivity contribution < 1.29 is 18.0 Å². The Labute approximate surface area is 164 Å². The second-order valence-corrected chi connectivity index (χ2v) is 8.01. The molecule has 0 fully saturated rings. The fourth-order valence-electron chi connectivity index (χ4n) is 2.57. The van der Waals surface area contributed by atoms with E-state index in [0.29, 0.717) is 16.6 Å². The van der Waals surface area contributed by atoms with Crippen LogP contribution in [0.5, 0.6) is 0 Å². The first-order valence-corrected chi connectivity index (χ1v) is 9.31. The largest absolute Gasteiger partial charge is 0.433 e. The minimum Gasteiger partial charge on any atom is -0.397 e. The van der Waals surface area contributed by atoms with Crippen LogP contribution in [0.2, 0.25) is 0 Å². The molecular formula is C17H13F3IN3OS. The minimum absolute atomic E-state index is 0.0966. The lowest BCUT2D eigenvalue weighted by atomic mass is 10.1. The number of nitrogens with zero attached hydrogens (tertiary/aromatic N) is 1. The molecule has 0 aliphatic heterocycles. The lowest BCUT2D eigenvalue weighted by Crippen LogP contribution is -2.13. The molecule has 0 spiro atoms. The number of nitrogens with one attached hydrogen (secondary N) is 1. The summed E-state index contributed by atoms with van der Waals surface area (Å²) in [5, 5.41) is 3.14. The molecule has 9 heteroatoms. The number of thiophene rings is 1. The summed E-state index contributed by atoms with van der Waals surface area (Å²) in [4.78, 5) is 16.5. The van der Waals surface area contributed by atoms with Gasteiger partial charge in [0.1, 0.15) is 15.4 Å². The lowest BCUT2D eigenvalue weighted by Gasteiger charge is -2.08. The van der Waals surface area contributed by atoms with Crippen molar-refractivity contribution in [1.82, 2.24) is 4.98 Å². The summed E-state index contributed by atoms with van der Waals surface area (Å²) in [7, 11) is 0. The van der Waals surface area contributed by atoms with Crippen molar-refractivity contribution in [2.75, 3.05) is 11.1 Å². The third kappa shape index (κ3) is 3.50. The Morgan fingerprint density at radius 1 is 1.23 bits per heavy atom. The molecule has 2 aromatic heterocycles. The van der Waals surface area contributed by atoms with Gasteiger partial charge in [-0.2, -0.15) is 13.2 Å². The summed E-state index contributed by atoms with van der Waals surface area (Å²) in [5.41, 5.74) is 7.02. The number of rotatable bonds is 2. The summed E-state index contributed by atoms with van der Waals surface area (Å²) in [6.07, 6.45) is -4.56. The number of aryl methyl sites for hydroxylation is 2. The molecule has 3 rings (SSSR count). The van der Waals surface area contributed by atoms with E-state index in [1.807, 2.05) is 19.1 Å². The summed E-state index contributed by atoms with van der Waals surface area (Å²) in [6.45, 7) is 3.38. The van der Waals surface area contributed by atoms with E-state index in [1.54, 1.807) is 6.07 Å². The van der Waals surface area contributed by atoms with Crippen LogP contribution < -0.4 is 11.1 Å². The molecule has 26 heavy (non-hydrogen) atoms. The average Bonchev–Trinajstić information content (AvgIpc) is 2.87. The summed E-state index contributed by atoms with van der Waals surface area (Å²) >= 11 is 3.02. The van der Waals surface area contributed by atoms with Crippen LogP contribution in [-0.2, 0) is 6.18 Å². The van der Waals surface area contributed by atoms with Crippen LogP contribution in [-0.4, -0.2) is 10.9 Å². The highest BCUT2D eigenvalue weighted by atomic mass is 127. The lowest BCUT2D eigenvalue weighted by molar-refractivity contribution is -0.141. The normalized spacial score (nSPS) is 11.8. The molecule has 2 heterocycles. The molecule has 1 amide bonds. The van der Waals surface area contributed by atoms with Crippen molar-refractivity contribution >= 4 is 61.4 Å². The van der Waals surface area contributed by atoms with Crippen molar-refractivity contribution in [3.05, 3.63) is 49.5 Å². The third-order valence-electron chi connectivity index (χ3n) is 3.83. The van der Waals surface area contributed by atoms with E-state index in [1.165, 1.54) is 6.92 Å². The van der Waals surface area contributed by atoms with Gasteiger partial charge in [0, 0.05) is 14.6 Å². The number of hydrogen-bond donors (Lipinski definition) is 2. The number of halogens is 4. The Kier molecular flexibility index (Phi) is 4.86. The molecule has 4 nitrogen and oxygen atoms in total. The first-order valence-electron chi connectivity index (χ1n) is 7.42. The fourth-order valence-corrected chi connectivity index (χ4v) is 4.28. The van der Waals surface area contributed by atoms with Crippen molar-refractivity contribution in [2.45, 2.75) is 20.0 Å². The number of alkyl halides is 3. The first-order chi connectivity index (χ1) is 12.1. The fraction of sp³-hybridized carbons (Fsp3) is 0.176. The molecule has 0 aliphatic rings.